The van der Waals surface area contributed by atoms with Gasteiger partial charge < -0.3 is 9.47 Å². The largest absolute Gasteiger partial charge is 0.432 e. The molecule has 0 saturated heterocycles. The number of rotatable bonds is 11. The van der Waals surface area contributed by atoms with E-state index in [9.17, 15) is 30.7 Å². The van der Waals surface area contributed by atoms with Gasteiger partial charge in [0.05, 0.1) is 0 Å². The van der Waals surface area contributed by atoms with E-state index in [1.54, 1.807) is 13.2 Å². The molecule has 1 aliphatic rings. The lowest BCUT2D eigenvalue weighted by atomic mass is 9.77. The van der Waals surface area contributed by atoms with E-state index in [-0.39, 0.29) is 23.3 Å². The van der Waals surface area contributed by atoms with Gasteiger partial charge in [0.25, 0.3) is 0 Å². The molecular formula is C36H32F8O2. The first kappa shape index (κ1) is 33.4. The fourth-order valence-electron chi connectivity index (χ4n) is 6.14. The Bertz CT molecular complexity index is 1620. The molecule has 4 aromatic carbocycles. The second-order valence-electron chi connectivity index (χ2n) is 11.7. The molecule has 0 aliphatic heterocycles. The van der Waals surface area contributed by atoms with Crippen LogP contribution in [0.5, 0.6) is 5.75 Å². The minimum atomic E-state index is -4.75. The molecule has 1 saturated carbocycles. The highest BCUT2D eigenvalue weighted by atomic mass is 19.3. The van der Waals surface area contributed by atoms with Crippen LogP contribution in [0, 0.1) is 40.8 Å². The number of benzene rings is 4. The summed E-state index contributed by atoms with van der Waals surface area (Å²) >= 11 is 0. The smallest absolute Gasteiger partial charge is 0.429 e. The Morgan fingerprint density at radius 1 is 0.652 bits per heavy atom. The standard InChI is InChI=1S/C36H32F8O2/c1-45-15-3-2-4-21-5-7-22(8-6-21)23-9-11-24(12-10-23)25-13-14-28(29(37)16-25)26-17-30(38)34(31(39)18-26)36(43,44)46-27-19-32(40)35(42)33(41)20-27/h9-14,16-22H,2-8,15H2,1H3. The minimum absolute atomic E-state index is 0.110. The van der Waals surface area contributed by atoms with Crippen molar-refractivity contribution in [1.82, 2.24) is 0 Å². The summed E-state index contributed by atoms with van der Waals surface area (Å²) in [6, 6.07) is 13.1. The fraction of sp³-hybridized carbons (Fsp3) is 0.333. The van der Waals surface area contributed by atoms with E-state index in [2.05, 4.69) is 4.74 Å². The zero-order valence-electron chi connectivity index (χ0n) is 25.0. The van der Waals surface area contributed by atoms with E-state index in [4.69, 9.17) is 4.74 Å². The van der Waals surface area contributed by atoms with Gasteiger partial charge in [-0.25, -0.2) is 26.3 Å². The minimum Gasteiger partial charge on any atom is -0.429 e. The van der Waals surface area contributed by atoms with Gasteiger partial charge in [0.15, 0.2) is 17.5 Å². The molecule has 0 heterocycles. The number of alkyl halides is 2. The highest BCUT2D eigenvalue weighted by Crippen LogP contribution is 2.40. The number of ether oxygens (including phenoxy) is 2. The van der Waals surface area contributed by atoms with E-state index < -0.39 is 52.3 Å². The highest BCUT2D eigenvalue weighted by Gasteiger charge is 2.41. The summed E-state index contributed by atoms with van der Waals surface area (Å²) in [5, 5.41) is 0. The molecule has 4 aromatic rings. The van der Waals surface area contributed by atoms with Gasteiger partial charge >= 0.3 is 6.11 Å². The first-order valence-electron chi connectivity index (χ1n) is 15.1. The van der Waals surface area contributed by atoms with Crippen molar-refractivity contribution < 1.29 is 44.6 Å². The van der Waals surface area contributed by atoms with Crippen LogP contribution < -0.4 is 4.74 Å². The molecule has 5 rings (SSSR count). The molecule has 46 heavy (non-hydrogen) atoms. The number of unbranched alkanes of at least 4 members (excludes halogenated alkanes) is 1. The van der Waals surface area contributed by atoms with Crippen molar-refractivity contribution >= 4 is 0 Å². The summed E-state index contributed by atoms with van der Waals surface area (Å²) in [6.45, 7) is 0.798. The van der Waals surface area contributed by atoms with Gasteiger partial charge in [-0.15, -0.1) is 0 Å². The third-order valence-electron chi connectivity index (χ3n) is 8.59. The Morgan fingerprint density at radius 3 is 1.83 bits per heavy atom. The van der Waals surface area contributed by atoms with Crippen molar-refractivity contribution in [2.75, 3.05) is 13.7 Å². The average molecular weight is 649 g/mol. The zero-order chi connectivity index (χ0) is 33.0. The van der Waals surface area contributed by atoms with Gasteiger partial charge in [0, 0.05) is 31.4 Å². The van der Waals surface area contributed by atoms with Gasteiger partial charge in [-0.05, 0) is 84.4 Å². The monoisotopic (exact) mass is 648 g/mol. The van der Waals surface area contributed by atoms with E-state index in [0.29, 0.717) is 23.6 Å². The Labute approximate surface area is 262 Å². The van der Waals surface area contributed by atoms with Crippen LogP contribution in [0.1, 0.15) is 62.0 Å². The van der Waals surface area contributed by atoms with Gasteiger partial charge in [-0.2, -0.15) is 8.78 Å². The van der Waals surface area contributed by atoms with Gasteiger partial charge in [-0.3, -0.25) is 0 Å². The Morgan fingerprint density at radius 2 is 1.24 bits per heavy atom. The maximum absolute atomic E-state index is 15.2. The third kappa shape index (κ3) is 7.54. The van der Waals surface area contributed by atoms with Crippen molar-refractivity contribution in [3.8, 4) is 28.0 Å². The molecule has 0 bridgehead atoms. The summed E-state index contributed by atoms with van der Waals surface area (Å²) in [6.07, 6.45) is 3.35. The van der Waals surface area contributed by atoms with Crippen LogP contribution in [0.4, 0.5) is 35.1 Å². The molecule has 2 nitrogen and oxygen atoms in total. The molecule has 0 amide bonds. The summed E-state index contributed by atoms with van der Waals surface area (Å²) in [5.41, 5.74) is 0.00928. The van der Waals surface area contributed by atoms with Crippen molar-refractivity contribution in [1.29, 1.82) is 0 Å². The summed E-state index contributed by atoms with van der Waals surface area (Å²) in [7, 11) is 1.72. The van der Waals surface area contributed by atoms with Crippen LogP contribution in [-0.2, 0) is 10.8 Å². The fourth-order valence-corrected chi connectivity index (χ4v) is 6.14. The van der Waals surface area contributed by atoms with Crippen LogP contribution >= 0.6 is 0 Å². The maximum Gasteiger partial charge on any atom is 0.432 e. The molecular weight excluding hydrogens is 616 g/mol. The molecule has 244 valence electrons. The van der Waals surface area contributed by atoms with Crippen LogP contribution in [0.15, 0.2) is 66.7 Å². The molecule has 0 aromatic heterocycles. The van der Waals surface area contributed by atoms with Crippen molar-refractivity contribution in [2.45, 2.75) is 57.0 Å². The lowest BCUT2D eigenvalue weighted by Crippen LogP contribution is -2.25. The van der Waals surface area contributed by atoms with E-state index in [0.717, 1.165) is 37.4 Å². The van der Waals surface area contributed by atoms with E-state index >= 15 is 4.39 Å². The van der Waals surface area contributed by atoms with Crippen LogP contribution in [0.3, 0.4) is 0 Å². The second kappa shape index (κ2) is 14.2. The normalized spacial score (nSPS) is 16.9. The Hall–Kier alpha value is -3.92. The molecule has 0 unspecified atom stereocenters. The molecule has 0 radical (unpaired) electrons. The SMILES string of the molecule is COCCCCC1CCC(c2ccc(-c3ccc(-c4cc(F)c(C(F)(F)Oc5cc(F)c(F)c(F)c5)c(F)c4)c(F)c3)cc2)CC1. The molecule has 10 heteroatoms. The highest BCUT2D eigenvalue weighted by molar-refractivity contribution is 5.71. The topological polar surface area (TPSA) is 18.5 Å². The van der Waals surface area contributed by atoms with Crippen LogP contribution in [0.25, 0.3) is 22.3 Å². The lowest BCUT2D eigenvalue weighted by molar-refractivity contribution is -0.189. The predicted molar refractivity (Wildman–Crippen MR) is 158 cm³/mol. The predicted octanol–water partition coefficient (Wildman–Crippen LogP) is 11.1. The summed E-state index contributed by atoms with van der Waals surface area (Å²) < 4.78 is 124. The van der Waals surface area contributed by atoms with Crippen LogP contribution in [0.2, 0.25) is 0 Å². The van der Waals surface area contributed by atoms with Crippen molar-refractivity contribution in [3.05, 3.63) is 113 Å². The van der Waals surface area contributed by atoms with E-state index in [1.807, 2.05) is 24.3 Å². The molecule has 1 fully saturated rings. The number of methoxy groups -OCH3 is 1. The number of hydrogen-bond donors (Lipinski definition) is 0. The second-order valence-corrected chi connectivity index (χ2v) is 11.7. The van der Waals surface area contributed by atoms with Crippen molar-refractivity contribution in [3.63, 3.8) is 0 Å². The zero-order valence-corrected chi connectivity index (χ0v) is 25.0. The van der Waals surface area contributed by atoms with Gasteiger partial charge in [-0.1, -0.05) is 49.2 Å². The Kier molecular flexibility index (Phi) is 10.4. The first-order valence-corrected chi connectivity index (χ1v) is 15.1. The van der Waals surface area contributed by atoms with Crippen molar-refractivity contribution in [2.24, 2.45) is 5.92 Å². The molecule has 0 N–H and O–H groups in total. The quantitative estimate of drug-likeness (QED) is 0.0916. The number of hydrogen-bond acceptors (Lipinski definition) is 2. The first-order chi connectivity index (χ1) is 22.0. The van der Waals surface area contributed by atoms with E-state index in [1.165, 1.54) is 43.4 Å². The molecule has 0 spiro atoms. The van der Waals surface area contributed by atoms with Gasteiger partial charge in [0.1, 0.15) is 28.8 Å². The van der Waals surface area contributed by atoms with Crippen LogP contribution in [-0.4, -0.2) is 13.7 Å². The molecule has 0 atom stereocenters. The summed E-state index contributed by atoms with van der Waals surface area (Å²) in [4.78, 5) is 0. The lowest BCUT2D eigenvalue weighted by Gasteiger charge is -2.29. The Balaban J connectivity index is 1.27. The molecule has 1 aliphatic carbocycles. The summed E-state index contributed by atoms with van der Waals surface area (Å²) in [5.74, 6) is -10.0. The average Bonchev–Trinajstić information content (AvgIpc) is 3.01. The van der Waals surface area contributed by atoms with Gasteiger partial charge in [0.2, 0.25) is 0 Å². The maximum atomic E-state index is 15.2. The third-order valence-corrected chi connectivity index (χ3v) is 8.59. The number of halogens is 8.